The first kappa shape index (κ1) is 19.6. The lowest BCUT2D eigenvalue weighted by molar-refractivity contribution is 0.266. The van der Waals surface area contributed by atoms with Crippen LogP contribution in [0.15, 0.2) is 41.3 Å². The van der Waals surface area contributed by atoms with Crippen LogP contribution in [0.4, 0.5) is 11.6 Å². The number of aliphatic hydroxyl groups excluding tert-OH is 1. The summed E-state index contributed by atoms with van der Waals surface area (Å²) < 4.78 is 2.63. The summed E-state index contributed by atoms with van der Waals surface area (Å²) in [5.41, 5.74) is 1.85. The summed E-state index contributed by atoms with van der Waals surface area (Å²) in [6, 6.07) is 6.07. The van der Waals surface area contributed by atoms with E-state index in [1.807, 2.05) is 38.2 Å². The quantitative estimate of drug-likeness (QED) is 0.642. The normalized spacial score (nSPS) is 16.3. The number of nitrogens with one attached hydrogen (secondary N) is 1. The number of rotatable bonds is 5. The van der Waals surface area contributed by atoms with E-state index in [1.165, 1.54) is 0 Å². The fraction of sp³-hybridized carbons (Fsp3) is 0.421. The first-order chi connectivity index (χ1) is 13.3. The van der Waals surface area contributed by atoms with Gasteiger partial charge in [-0.05, 0) is 40.4 Å². The minimum atomic E-state index is 0.128. The van der Waals surface area contributed by atoms with Crippen LogP contribution in [0.25, 0.3) is 5.65 Å². The summed E-state index contributed by atoms with van der Waals surface area (Å²) in [6.45, 7) is 5.70. The lowest BCUT2D eigenvalue weighted by atomic mass is 10.2. The predicted octanol–water partition coefficient (Wildman–Crippen LogP) is 3.49. The van der Waals surface area contributed by atoms with Crippen molar-refractivity contribution in [3.05, 3.63) is 46.8 Å². The van der Waals surface area contributed by atoms with Crippen molar-refractivity contribution < 1.29 is 5.11 Å². The molecule has 1 aliphatic heterocycles. The Balaban J connectivity index is 0.00000102. The first-order valence-corrected chi connectivity index (χ1v) is 10.1. The summed E-state index contributed by atoms with van der Waals surface area (Å²) in [6.07, 6.45) is 7.40. The molecule has 1 aliphatic rings. The Labute approximate surface area is 167 Å². The van der Waals surface area contributed by atoms with Gasteiger partial charge >= 0.3 is 0 Å². The third-order valence-corrected chi connectivity index (χ3v) is 5.05. The van der Waals surface area contributed by atoms with E-state index in [4.69, 9.17) is 4.98 Å². The number of pyridine rings is 1. The number of aromatic nitrogens is 4. The second-order valence-corrected chi connectivity index (χ2v) is 6.97. The molecule has 8 heteroatoms. The Hall–Kier alpha value is -2.19. The molecule has 0 amide bonds. The van der Waals surface area contributed by atoms with Crippen LogP contribution in [0.2, 0.25) is 0 Å². The second-order valence-electron chi connectivity index (χ2n) is 6.11. The monoisotopic (exact) mass is 432 g/mol. The molecular weight excluding hydrogens is 408 g/mol. The van der Waals surface area contributed by atoms with Gasteiger partial charge in [-0.15, -0.1) is 0 Å². The van der Waals surface area contributed by atoms with E-state index in [2.05, 4.69) is 36.2 Å². The zero-order valence-electron chi connectivity index (χ0n) is 15.6. The highest BCUT2D eigenvalue weighted by atomic mass is 79.9. The predicted molar refractivity (Wildman–Crippen MR) is 111 cm³/mol. The van der Waals surface area contributed by atoms with Crippen molar-refractivity contribution in [2.75, 3.05) is 23.4 Å². The molecule has 2 N–H and O–H groups in total. The summed E-state index contributed by atoms with van der Waals surface area (Å²) in [5.74, 6) is 1.72. The zero-order valence-corrected chi connectivity index (χ0v) is 17.2. The van der Waals surface area contributed by atoms with Gasteiger partial charge in [-0.2, -0.15) is 9.61 Å². The maximum absolute atomic E-state index is 9.63. The molecule has 4 rings (SSSR count). The van der Waals surface area contributed by atoms with Gasteiger partial charge in [-0.25, -0.2) is 4.98 Å². The molecule has 0 spiro atoms. The van der Waals surface area contributed by atoms with Gasteiger partial charge in [0.2, 0.25) is 0 Å². The topological polar surface area (TPSA) is 78.6 Å². The number of aliphatic hydroxyl groups is 1. The fourth-order valence-electron chi connectivity index (χ4n) is 3.22. The standard InChI is InChI=1S/C17H19BrN6O.C2H6/c18-14-10-21-24-15(20-9-12-3-1-5-19-8-12)7-16(22-17(14)24)23-6-2-4-13(23)11-25;1-2/h1,3,5,7-8,10,13,20,25H,2,4,6,9,11H2;1-2H3. The highest BCUT2D eigenvalue weighted by Gasteiger charge is 2.26. The SMILES string of the molecule is CC.OCC1CCCN1c1cc(NCc2cccnc2)n2ncc(Br)c2n1. The minimum absolute atomic E-state index is 0.128. The van der Waals surface area contributed by atoms with Gasteiger partial charge in [0.1, 0.15) is 11.6 Å². The molecule has 0 saturated carbocycles. The lowest BCUT2D eigenvalue weighted by Gasteiger charge is -2.25. The van der Waals surface area contributed by atoms with E-state index < -0.39 is 0 Å². The molecule has 1 atom stereocenters. The molecule has 1 fully saturated rings. The van der Waals surface area contributed by atoms with Gasteiger partial charge < -0.3 is 15.3 Å². The second kappa shape index (κ2) is 9.14. The van der Waals surface area contributed by atoms with Gasteiger partial charge in [0.25, 0.3) is 0 Å². The van der Waals surface area contributed by atoms with E-state index in [9.17, 15) is 5.11 Å². The van der Waals surface area contributed by atoms with Gasteiger partial charge in [-0.3, -0.25) is 4.98 Å². The Morgan fingerprint density at radius 1 is 1.33 bits per heavy atom. The van der Waals surface area contributed by atoms with E-state index >= 15 is 0 Å². The fourth-order valence-corrected chi connectivity index (χ4v) is 3.57. The molecule has 4 heterocycles. The third-order valence-electron chi connectivity index (χ3n) is 4.49. The van der Waals surface area contributed by atoms with E-state index in [0.717, 1.165) is 46.7 Å². The number of hydrogen-bond acceptors (Lipinski definition) is 6. The maximum Gasteiger partial charge on any atom is 0.173 e. The van der Waals surface area contributed by atoms with E-state index in [1.54, 1.807) is 16.9 Å². The van der Waals surface area contributed by atoms with Gasteiger partial charge in [0, 0.05) is 31.5 Å². The Morgan fingerprint density at radius 3 is 2.93 bits per heavy atom. The highest BCUT2D eigenvalue weighted by Crippen LogP contribution is 2.29. The van der Waals surface area contributed by atoms with Crippen molar-refractivity contribution in [1.29, 1.82) is 0 Å². The molecule has 27 heavy (non-hydrogen) atoms. The molecular formula is C19H25BrN6O. The highest BCUT2D eigenvalue weighted by molar-refractivity contribution is 9.10. The summed E-state index contributed by atoms with van der Waals surface area (Å²) >= 11 is 3.52. The zero-order chi connectivity index (χ0) is 19.2. The van der Waals surface area contributed by atoms with Crippen molar-refractivity contribution in [3.8, 4) is 0 Å². The average Bonchev–Trinajstić information content (AvgIpc) is 3.35. The maximum atomic E-state index is 9.63. The molecule has 1 unspecified atom stereocenters. The van der Waals surface area contributed by atoms with Crippen LogP contribution in [0, 0.1) is 0 Å². The van der Waals surface area contributed by atoms with Crippen molar-refractivity contribution in [2.24, 2.45) is 0 Å². The molecule has 3 aromatic rings. The van der Waals surface area contributed by atoms with Crippen molar-refractivity contribution in [1.82, 2.24) is 19.6 Å². The molecule has 0 aromatic carbocycles. The average molecular weight is 433 g/mol. The Bertz CT molecular complexity index is 869. The van der Waals surface area contributed by atoms with Gasteiger partial charge in [0.05, 0.1) is 23.3 Å². The summed E-state index contributed by atoms with van der Waals surface area (Å²) in [4.78, 5) is 11.1. The van der Waals surface area contributed by atoms with E-state index in [0.29, 0.717) is 6.54 Å². The molecule has 7 nitrogen and oxygen atoms in total. The number of fused-ring (bicyclic) bond motifs is 1. The van der Waals surface area contributed by atoms with Crippen molar-refractivity contribution >= 4 is 33.2 Å². The van der Waals surface area contributed by atoms with Crippen LogP contribution in [-0.2, 0) is 6.54 Å². The first-order valence-electron chi connectivity index (χ1n) is 9.31. The van der Waals surface area contributed by atoms with Crippen LogP contribution >= 0.6 is 15.9 Å². The molecule has 0 bridgehead atoms. The number of anilines is 2. The number of nitrogens with zero attached hydrogens (tertiary/aromatic N) is 5. The van der Waals surface area contributed by atoms with Crippen LogP contribution in [0.1, 0.15) is 32.3 Å². The van der Waals surface area contributed by atoms with Gasteiger partial charge in [0.15, 0.2) is 5.65 Å². The van der Waals surface area contributed by atoms with Crippen LogP contribution in [-0.4, -0.2) is 43.9 Å². The molecule has 3 aromatic heterocycles. The van der Waals surface area contributed by atoms with Crippen LogP contribution in [0.5, 0.6) is 0 Å². The Morgan fingerprint density at radius 2 is 2.19 bits per heavy atom. The van der Waals surface area contributed by atoms with Crippen LogP contribution < -0.4 is 10.2 Å². The van der Waals surface area contributed by atoms with E-state index in [-0.39, 0.29) is 12.6 Å². The summed E-state index contributed by atoms with van der Waals surface area (Å²) in [7, 11) is 0. The van der Waals surface area contributed by atoms with Gasteiger partial charge in [-0.1, -0.05) is 19.9 Å². The molecule has 0 aliphatic carbocycles. The van der Waals surface area contributed by atoms with Crippen molar-refractivity contribution in [2.45, 2.75) is 39.3 Å². The molecule has 144 valence electrons. The smallest absolute Gasteiger partial charge is 0.173 e. The number of hydrogen-bond donors (Lipinski definition) is 2. The largest absolute Gasteiger partial charge is 0.394 e. The van der Waals surface area contributed by atoms with Crippen LogP contribution in [0.3, 0.4) is 0 Å². The third kappa shape index (κ3) is 4.22. The molecule has 0 radical (unpaired) electrons. The lowest BCUT2D eigenvalue weighted by Crippen LogP contribution is -2.33. The Kier molecular flexibility index (Phi) is 6.63. The number of halogens is 1. The minimum Gasteiger partial charge on any atom is -0.394 e. The summed E-state index contributed by atoms with van der Waals surface area (Å²) in [5, 5.41) is 17.5. The molecule has 1 saturated heterocycles. The van der Waals surface area contributed by atoms with Crippen molar-refractivity contribution in [3.63, 3.8) is 0 Å².